The molecule has 154 valence electrons. The third-order valence-corrected chi connectivity index (χ3v) is 6.61. The van der Waals surface area contributed by atoms with Crippen molar-refractivity contribution in [2.75, 3.05) is 19.0 Å². The number of nitrogens with zero attached hydrogens (tertiary/aromatic N) is 3. The molecule has 0 spiro atoms. The summed E-state index contributed by atoms with van der Waals surface area (Å²) in [7, 11) is 1.64. The molecule has 29 heavy (non-hydrogen) atoms. The third-order valence-electron chi connectivity index (χ3n) is 5.78. The van der Waals surface area contributed by atoms with Crippen LogP contribution in [0, 0.1) is 5.92 Å². The lowest BCUT2D eigenvalue weighted by Gasteiger charge is -2.31. The number of anilines is 1. The number of likely N-dealkylation sites (tertiary alicyclic amines) is 1. The van der Waals surface area contributed by atoms with Gasteiger partial charge in [-0.05, 0) is 18.9 Å². The molecule has 1 N–H and O–H groups in total. The molecule has 1 saturated heterocycles. The van der Waals surface area contributed by atoms with Gasteiger partial charge < -0.3 is 15.0 Å². The summed E-state index contributed by atoms with van der Waals surface area (Å²) in [5.41, 5.74) is 1.02. The van der Waals surface area contributed by atoms with Crippen LogP contribution in [0.2, 0.25) is 0 Å². The van der Waals surface area contributed by atoms with Crippen molar-refractivity contribution in [1.82, 2.24) is 15.1 Å². The molecule has 0 radical (unpaired) electrons. The first-order valence-corrected chi connectivity index (χ1v) is 11.0. The van der Waals surface area contributed by atoms with E-state index in [0.717, 1.165) is 29.2 Å². The Morgan fingerprint density at radius 2 is 2.03 bits per heavy atom. The molecule has 2 fully saturated rings. The zero-order chi connectivity index (χ0) is 20.2. The normalized spacial score (nSPS) is 20.1. The van der Waals surface area contributed by atoms with Gasteiger partial charge >= 0.3 is 0 Å². The Morgan fingerprint density at radius 3 is 2.83 bits per heavy atom. The number of benzene rings is 1. The van der Waals surface area contributed by atoms with Crippen LogP contribution in [0.1, 0.15) is 49.1 Å². The van der Waals surface area contributed by atoms with Crippen molar-refractivity contribution >= 4 is 28.3 Å². The zero-order valence-corrected chi connectivity index (χ0v) is 17.4. The van der Waals surface area contributed by atoms with Gasteiger partial charge in [0, 0.05) is 31.0 Å². The molecule has 1 aromatic heterocycles. The fourth-order valence-corrected chi connectivity index (χ4v) is 5.01. The van der Waals surface area contributed by atoms with Crippen LogP contribution in [-0.2, 0) is 16.0 Å². The molecule has 1 aliphatic carbocycles. The highest BCUT2D eigenvalue weighted by Crippen LogP contribution is 2.30. The molecule has 0 bridgehead atoms. The summed E-state index contributed by atoms with van der Waals surface area (Å²) in [5, 5.41) is 12.4. The number of amides is 2. The lowest BCUT2D eigenvalue weighted by molar-refractivity contribution is -0.130. The van der Waals surface area contributed by atoms with Gasteiger partial charge in [0.25, 0.3) is 0 Å². The van der Waals surface area contributed by atoms with E-state index in [2.05, 4.69) is 15.5 Å². The topological polar surface area (TPSA) is 84.4 Å². The number of carbonyl (C=O) groups is 2. The maximum absolute atomic E-state index is 12.7. The third kappa shape index (κ3) is 4.58. The summed E-state index contributed by atoms with van der Waals surface area (Å²) >= 11 is 1.36. The lowest BCUT2D eigenvalue weighted by Crippen LogP contribution is -2.38. The average Bonchev–Trinajstić information content (AvgIpc) is 3.35. The maximum Gasteiger partial charge on any atom is 0.231 e. The molecule has 1 aromatic carbocycles. The second-order valence-corrected chi connectivity index (χ2v) is 8.78. The number of hydrogen-bond acceptors (Lipinski definition) is 6. The molecule has 0 unspecified atom stereocenters. The lowest BCUT2D eigenvalue weighted by atomic mass is 9.94. The van der Waals surface area contributed by atoms with Gasteiger partial charge in [-0.2, -0.15) is 0 Å². The summed E-state index contributed by atoms with van der Waals surface area (Å²) in [5.74, 6) is 0.453. The van der Waals surface area contributed by atoms with Gasteiger partial charge in [-0.25, -0.2) is 0 Å². The van der Waals surface area contributed by atoms with Gasteiger partial charge in [0.15, 0.2) is 0 Å². The minimum absolute atomic E-state index is 0.103. The molecule has 1 saturated carbocycles. The molecule has 2 amide bonds. The fourth-order valence-electron chi connectivity index (χ4n) is 4.25. The van der Waals surface area contributed by atoms with Gasteiger partial charge in [-0.3, -0.25) is 9.59 Å². The van der Waals surface area contributed by atoms with Crippen LogP contribution in [0.15, 0.2) is 24.3 Å². The largest absolute Gasteiger partial charge is 0.496 e. The molecular formula is C21H26N4O3S. The highest BCUT2D eigenvalue weighted by atomic mass is 32.1. The van der Waals surface area contributed by atoms with E-state index >= 15 is 0 Å². The van der Waals surface area contributed by atoms with Crippen LogP contribution in [0.5, 0.6) is 5.75 Å². The highest BCUT2D eigenvalue weighted by molar-refractivity contribution is 7.15. The van der Waals surface area contributed by atoms with Gasteiger partial charge in [0.2, 0.25) is 16.9 Å². The van der Waals surface area contributed by atoms with Crippen LogP contribution in [0.25, 0.3) is 0 Å². The molecule has 2 heterocycles. The Labute approximate surface area is 174 Å². The first-order chi connectivity index (χ1) is 14.1. The molecule has 7 nitrogen and oxygen atoms in total. The Hall–Kier alpha value is -2.48. The van der Waals surface area contributed by atoms with Crippen LogP contribution < -0.4 is 10.1 Å². The van der Waals surface area contributed by atoms with Crippen molar-refractivity contribution in [3.05, 3.63) is 34.8 Å². The molecule has 8 heteroatoms. The molecular weight excluding hydrogens is 388 g/mol. The summed E-state index contributed by atoms with van der Waals surface area (Å²) in [6.07, 6.45) is 6.59. The minimum atomic E-state index is -0.314. The summed E-state index contributed by atoms with van der Waals surface area (Å²) in [6.45, 7) is 0.516. The van der Waals surface area contributed by atoms with Gasteiger partial charge in [-0.15, -0.1) is 10.2 Å². The number of rotatable bonds is 6. The number of carbonyl (C=O) groups excluding carboxylic acids is 2. The SMILES string of the molecule is COc1ccccc1Cc1nnc(NC(=O)[C@H]2CC(=O)N(C3CCCCC3)C2)s1. The van der Waals surface area contributed by atoms with Crippen molar-refractivity contribution in [2.45, 2.75) is 51.0 Å². The number of hydrogen-bond donors (Lipinski definition) is 1. The second kappa shape index (κ2) is 8.90. The van der Waals surface area contributed by atoms with Crippen molar-refractivity contribution in [2.24, 2.45) is 5.92 Å². The van der Waals surface area contributed by atoms with E-state index in [0.29, 0.717) is 24.1 Å². The molecule has 1 atom stereocenters. The fraction of sp³-hybridized carbons (Fsp3) is 0.524. The van der Waals surface area contributed by atoms with E-state index in [1.54, 1.807) is 7.11 Å². The van der Waals surface area contributed by atoms with E-state index in [1.165, 1.54) is 30.6 Å². The van der Waals surface area contributed by atoms with E-state index in [9.17, 15) is 9.59 Å². The summed E-state index contributed by atoms with van der Waals surface area (Å²) in [6, 6.07) is 8.09. The van der Waals surface area contributed by atoms with E-state index in [1.807, 2.05) is 29.2 Å². The number of nitrogens with one attached hydrogen (secondary N) is 1. The summed E-state index contributed by atoms with van der Waals surface area (Å²) in [4.78, 5) is 27.0. The Kier molecular flexibility index (Phi) is 6.08. The standard InChI is InChI=1S/C21H26N4O3S/c1-28-17-10-6-5-7-14(17)11-18-23-24-21(29-18)22-20(27)15-12-19(26)25(13-15)16-8-3-2-4-9-16/h5-7,10,15-16H,2-4,8-9,11-13H2,1H3,(H,22,24,27)/t15-/m0/s1. The van der Waals surface area contributed by atoms with Crippen molar-refractivity contribution < 1.29 is 14.3 Å². The highest BCUT2D eigenvalue weighted by Gasteiger charge is 2.38. The predicted molar refractivity (Wildman–Crippen MR) is 111 cm³/mol. The number of methoxy groups -OCH3 is 1. The van der Waals surface area contributed by atoms with Crippen LogP contribution >= 0.6 is 11.3 Å². The smallest absolute Gasteiger partial charge is 0.231 e. The van der Waals surface area contributed by atoms with E-state index in [4.69, 9.17) is 4.74 Å². The zero-order valence-electron chi connectivity index (χ0n) is 16.6. The predicted octanol–water partition coefficient (Wildman–Crippen LogP) is 3.26. The Morgan fingerprint density at radius 1 is 1.24 bits per heavy atom. The van der Waals surface area contributed by atoms with Crippen LogP contribution in [0.4, 0.5) is 5.13 Å². The van der Waals surface area contributed by atoms with Gasteiger partial charge in [-0.1, -0.05) is 48.8 Å². The summed E-state index contributed by atoms with van der Waals surface area (Å²) < 4.78 is 5.38. The van der Waals surface area contributed by atoms with Crippen LogP contribution in [0.3, 0.4) is 0 Å². The number of ether oxygens (including phenoxy) is 1. The quantitative estimate of drug-likeness (QED) is 0.784. The molecule has 2 aliphatic rings. The van der Waals surface area contributed by atoms with Crippen molar-refractivity contribution in [1.29, 1.82) is 0 Å². The van der Waals surface area contributed by atoms with E-state index in [-0.39, 0.29) is 24.2 Å². The van der Waals surface area contributed by atoms with E-state index < -0.39 is 0 Å². The Bertz CT molecular complexity index is 878. The second-order valence-electron chi connectivity index (χ2n) is 7.72. The average molecular weight is 415 g/mol. The maximum atomic E-state index is 12.7. The minimum Gasteiger partial charge on any atom is -0.496 e. The molecule has 4 rings (SSSR count). The van der Waals surface area contributed by atoms with Gasteiger partial charge in [0.1, 0.15) is 10.8 Å². The number of aromatic nitrogens is 2. The van der Waals surface area contributed by atoms with Crippen LogP contribution in [-0.4, -0.2) is 46.6 Å². The van der Waals surface area contributed by atoms with Crippen molar-refractivity contribution in [3.8, 4) is 5.75 Å². The first kappa shape index (κ1) is 19.8. The van der Waals surface area contributed by atoms with Gasteiger partial charge in [0.05, 0.1) is 13.0 Å². The molecule has 2 aromatic rings. The monoisotopic (exact) mass is 414 g/mol. The Balaban J connectivity index is 1.35. The number of para-hydroxylation sites is 1. The van der Waals surface area contributed by atoms with Crippen molar-refractivity contribution in [3.63, 3.8) is 0 Å². The first-order valence-electron chi connectivity index (χ1n) is 10.2. The molecule has 1 aliphatic heterocycles.